The lowest BCUT2D eigenvalue weighted by Crippen LogP contribution is -2.40. The first-order valence-electron chi connectivity index (χ1n) is 6.09. The van der Waals surface area contributed by atoms with Gasteiger partial charge < -0.3 is 4.90 Å². The summed E-state index contributed by atoms with van der Waals surface area (Å²) in [5.74, 6) is 1.48. The van der Waals surface area contributed by atoms with Gasteiger partial charge in [0.25, 0.3) is 0 Å². The lowest BCUT2D eigenvalue weighted by atomic mass is 9.87. The van der Waals surface area contributed by atoms with Crippen LogP contribution in [-0.4, -0.2) is 22.5 Å². The number of alkyl halides is 1. The van der Waals surface area contributed by atoms with E-state index in [1.165, 1.54) is 0 Å². The van der Waals surface area contributed by atoms with E-state index >= 15 is 0 Å². The third-order valence-corrected chi connectivity index (χ3v) is 4.64. The van der Waals surface area contributed by atoms with Crippen molar-refractivity contribution < 1.29 is 0 Å². The zero-order valence-electron chi connectivity index (χ0n) is 11.6. The van der Waals surface area contributed by atoms with Gasteiger partial charge in [-0.15, -0.1) is 22.9 Å². The van der Waals surface area contributed by atoms with Gasteiger partial charge in [-0.1, -0.05) is 20.8 Å². The monoisotopic (exact) mass is 285 g/mol. The number of hydrogen-bond acceptors (Lipinski definition) is 3. The normalized spacial score (nSPS) is 14.1. The Morgan fingerprint density at radius 2 is 2.17 bits per heavy atom. The number of halogens is 1. The molecule has 3 nitrogen and oxygen atoms in total. The van der Waals surface area contributed by atoms with Crippen LogP contribution in [0.15, 0.2) is 11.6 Å². The lowest BCUT2D eigenvalue weighted by molar-refractivity contribution is 0.328. The predicted molar refractivity (Wildman–Crippen MR) is 79.9 cm³/mol. The van der Waals surface area contributed by atoms with Gasteiger partial charge >= 0.3 is 0 Å². The Morgan fingerprint density at radius 1 is 1.50 bits per heavy atom. The smallest absolute Gasteiger partial charge is 0.195 e. The zero-order valence-corrected chi connectivity index (χ0v) is 13.1. The molecule has 0 saturated heterocycles. The highest BCUT2D eigenvalue weighted by atomic mass is 35.5. The molecule has 0 bridgehead atoms. The molecule has 0 saturated carbocycles. The molecule has 18 heavy (non-hydrogen) atoms. The number of aromatic nitrogens is 2. The summed E-state index contributed by atoms with van der Waals surface area (Å²) in [6.45, 7) is 8.96. The summed E-state index contributed by atoms with van der Waals surface area (Å²) in [4.78, 5) is 7.94. The fourth-order valence-electron chi connectivity index (χ4n) is 1.99. The Kier molecular flexibility index (Phi) is 3.60. The van der Waals surface area contributed by atoms with Crippen LogP contribution in [0.25, 0.3) is 4.96 Å². The van der Waals surface area contributed by atoms with Gasteiger partial charge in [-0.05, 0) is 12.3 Å². The van der Waals surface area contributed by atoms with Gasteiger partial charge in [0, 0.05) is 24.7 Å². The maximum absolute atomic E-state index is 6.09. The van der Waals surface area contributed by atoms with E-state index in [2.05, 4.69) is 44.0 Å². The van der Waals surface area contributed by atoms with Crippen molar-refractivity contribution in [3.8, 4) is 0 Å². The zero-order chi connectivity index (χ0) is 13.5. The highest BCUT2D eigenvalue weighted by molar-refractivity contribution is 7.15. The lowest BCUT2D eigenvalue weighted by Gasteiger charge is -2.36. The summed E-state index contributed by atoms with van der Waals surface area (Å²) in [7, 11) is 2.10. The fraction of sp³-hybridized carbons (Fsp3) is 0.615. The molecular weight excluding hydrogens is 266 g/mol. The Balaban J connectivity index is 2.44. The van der Waals surface area contributed by atoms with Gasteiger partial charge in [0.05, 0.1) is 11.6 Å². The van der Waals surface area contributed by atoms with Crippen LogP contribution in [0.2, 0.25) is 0 Å². The van der Waals surface area contributed by atoms with Crippen molar-refractivity contribution in [2.45, 2.75) is 39.6 Å². The Morgan fingerprint density at radius 3 is 2.72 bits per heavy atom. The van der Waals surface area contributed by atoms with Crippen LogP contribution >= 0.6 is 22.9 Å². The van der Waals surface area contributed by atoms with E-state index in [4.69, 9.17) is 16.6 Å². The summed E-state index contributed by atoms with van der Waals surface area (Å²) in [5.41, 5.74) is 1.28. The molecule has 2 rings (SSSR count). The number of hydrogen-bond donors (Lipinski definition) is 0. The second-order valence-electron chi connectivity index (χ2n) is 5.72. The molecule has 0 radical (unpaired) electrons. The van der Waals surface area contributed by atoms with E-state index in [0.29, 0.717) is 11.9 Å². The van der Waals surface area contributed by atoms with Gasteiger partial charge in [-0.2, -0.15) is 0 Å². The van der Waals surface area contributed by atoms with Gasteiger partial charge in [0.15, 0.2) is 10.8 Å². The van der Waals surface area contributed by atoms with Crippen molar-refractivity contribution in [2.24, 2.45) is 5.41 Å². The molecule has 2 heterocycles. The van der Waals surface area contributed by atoms with E-state index in [9.17, 15) is 0 Å². The first-order chi connectivity index (χ1) is 8.36. The minimum Gasteiger partial charge on any atom is -0.355 e. The van der Waals surface area contributed by atoms with Gasteiger partial charge in [0.1, 0.15) is 0 Å². The van der Waals surface area contributed by atoms with Crippen LogP contribution in [-0.2, 0) is 5.88 Å². The van der Waals surface area contributed by atoms with Crippen LogP contribution in [0, 0.1) is 5.41 Å². The average Bonchev–Trinajstić information content (AvgIpc) is 2.84. The molecule has 0 N–H and O–H groups in total. The van der Waals surface area contributed by atoms with Crippen molar-refractivity contribution in [1.29, 1.82) is 0 Å². The SMILES string of the molecule is CC(N(C)c1nc2sccn2c1CCl)C(C)(C)C. The van der Waals surface area contributed by atoms with Crippen LogP contribution in [0.3, 0.4) is 0 Å². The number of rotatable bonds is 3. The van der Waals surface area contributed by atoms with E-state index in [0.717, 1.165) is 16.5 Å². The third-order valence-electron chi connectivity index (χ3n) is 3.63. The highest BCUT2D eigenvalue weighted by Crippen LogP contribution is 2.31. The number of fused-ring (bicyclic) bond motifs is 1. The molecule has 1 atom stereocenters. The number of anilines is 1. The molecule has 0 fully saturated rings. The quantitative estimate of drug-likeness (QED) is 0.795. The first-order valence-corrected chi connectivity index (χ1v) is 7.51. The van der Waals surface area contributed by atoms with E-state index in [1.807, 2.05) is 11.6 Å². The van der Waals surface area contributed by atoms with Gasteiger partial charge in [-0.3, -0.25) is 4.40 Å². The molecule has 5 heteroatoms. The molecule has 100 valence electrons. The molecule has 0 aliphatic rings. The summed E-state index contributed by atoms with van der Waals surface area (Å²) in [6, 6.07) is 0.393. The fourth-order valence-corrected chi connectivity index (χ4v) is 2.97. The van der Waals surface area contributed by atoms with Crippen LogP contribution < -0.4 is 4.90 Å². The predicted octanol–water partition coefficient (Wildman–Crippen LogP) is 4.01. The summed E-state index contributed by atoms with van der Waals surface area (Å²) in [5, 5.41) is 2.04. The minimum absolute atomic E-state index is 0.204. The molecular formula is C13H20ClN3S. The molecule has 0 aromatic carbocycles. The largest absolute Gasteiger partial charge is 0.355 e. The molecule has 2 aromatic heterocycles. The van der Waals surface area contributed by atoms with Gasteiger partial charge in [-0.25, -0.2) is 4.98 Å². The Hall–Kier alpha value is -0.740. The van der Waals surface area contributed by atoms with Crippen LogP contribution in [0.4, 0.5) is 5.82 Å². The molecule has 1 unspecified atom stereocenters. The second-order valence-corrected chi connectivity index (χ2v) is 6.86. The first kappa shape index (κ1) is 13.7. The van der Waals surface area contributed by atoms with E-state index in [-0.39, 0.29) is 5.41 Å². The maximum Gasteiger partial charge on any atom is 0.195 e. The molecule has 2 aromatic rings. The molecule has 0 aliphatic heterocycles. The number of nitrogens with zero attached hydrogens (tertiary/aromatic N) is 3. The topological polar surface area (TPSA) is 20.5 Å². The van der Waals surface area contributed by atoms with E-state index < -0.39 is 0 Å². The molecule has 0 spiro atoms. The Bertz CT molecular complexity index is 538. The van der Waals surface area contributed by atoms with Crippen molar-refractivity contribution in [3.63, 3.8) is 0 Å². The maximum atomic E-state index is 6.09. The summed E-state index contributed by atoms with van der Waals surface area (Å²) >= 11 is 7.73. The summed E-state index contributed by atoms with van der Waals surface area (Å²) < 4.78 is 2.08. The second kappa shape index (κ2) is 4.74. The third kappa shape index (κ3) is 2.24. The summed E-state index contributed by atoms with van der Waals surface area (Å²) in [6.07, 6.45) is 2.03. The van der Waals surface area contributed by atoms with Crippen molar-refractivity contribution in [2.75, 3.05) is 11.9 Å². The van der Waals surface area contributed by atoms with Crippen molar-refractivity contribution in [3.05, 3.63) is 17.3 Å². The highest BCUT2D eigenvalue weighted by Gasteiger charge is 2.27. The minimum atomic E-state index is 0.204. The van der Waals surface area contributed by atoms with Crippen LogP contribution in [0.1, 0.15) is 33.4 Å². The molecule has 0 aliphatic carbocycles. The average molecular weight is 286 g/mol. The van der Waals surface area contributed by atoms with Crippen molar-refractivity contribution >= 4 is 33.7 Å². The molecule has 0 amide bonds. The van der Waals surface area contributed by atoms with Gasteiger partial charge in [0.2, 0.25) is 0 Å². The Labute approximate surface area is 117 Å². The standard InChI is InChI=1S/C13H20ClN3S/c1-9(13(2,3)4)16(5)11-10(8-14)17-6-7-18-12(17)15-11/h6-7,9H,8H2,1-5H3. The van der Waals surface area contributed by atoms with Crippen molar-refractivity contribution in [1.82, 2.24) is 9.38 Å². The van der Waals surface area contributed by atoms with E-state index in [1.54, 1.807) is 11.3 Å². The number of imidazole rings is 1. The number of thiazole rings is 1. The van der Waals surface area contributed by atoms with Crippen LogP contribution in [0.5, 0.6) is 0 Å².